The van der Waals surface area contributed by atoms with E-state index < -0.39 is 10.8 Å². The molecular formula is C23H30N4O3S. The molecule has 0 aliphatic carbocycles. The number of aryl methyl sites for hydroxylation is 1. The van der Waals surface area contributed by atoms with Crippen molar-refractivity contribution < 1.29 is 14.3 Å². The van der Waals surface area contributed by atoms with E-state index in [0.717, 1.165) is 48.2 Å². The number of thioether (sulfide) groups is 1. The molecule has 2 aliphatic rings. The molecule has 0 bridgehead atoms. The molecule has 0 saturated carbocycles. The number of aromatic nitrogens is 2. The molecule has 0 radical (unpaired) electrons. The Morgan fingerprint density at radius 1 is 1.35 bits per heavy atom. The van der Waals surface area contributed by atoms with E-state index in [4.69, 9.17) is 9.72 Å². The maximum Gasteiger partial charge on any atom is 0.250 e. The zero-order valence-electron chi connectivity index (χ0n) is 18.8. The van der Waals surface area contributed by atoms with E-state index in [1.165, 1.54) is 11.8 Å². The molecule has 2 aromatic rings. The standard InChI is InChI=1S/C23H30N4O3S/c1-14-15(2)26(13-17-9-8-12-30-17)22(24-14)31-16(3)20(28)27-19-11-7-6-10-18(19)25-21(29)23(27,4)5/h6-7,10-11,16-17H,8-9,12-13H2,1-5H3,(H,25,29)/t16-,17+/m0/s1. The van der Waals surface area contributed by atoms with Crippen molar-refractivity contribution in [3.8, 4) is 0 Å². The Kier molecular flexibility index (Phi) is 5.87. The molecular weight excluding hydrogens is 412 g/mol. The molecule has 1 aromatic carbocycles. The number of nitrogens with zero attached hydrogens (tertiary/aromatic N) is 3. The van der Waals surface area contributed by atoms with E-state index >= 15 is 0 Å². The topological polar surface area (TPSA) is 76.5 Å². The van der Waals surface area contributed by atoms with Gasteiger partial charge in [-0.05, 0) is 59.6 Å². The summed E-state index contributed by atoms with van der Waals surface area (Å²) in [6.07, 6.45) is 2.32. The Morgan fingerprint density at radius 2 is 2.10 bits per heavy atom. The summed E-state index contributed by atoms with van der Waals surface area (Å²) in [6, 6.07) is 7.43. The van der Waals surface area contributed by atoms with Crippen molar-refractivity contribution in [2.24, 2.45) is 0 Å². The number of ether oxygens (including phenoxy) is 1. The van der Waals surface area contributed by atoms with E-state index in [9.17, 15) is 9.59 Å². The number of carbonyl (C=O) groups excluding carboxylic acids is 2. The highest BCUT2D eigenvalue weighted by molar-refractivity contribution is 8.00. The first kappa shape index (κ1) is 21.9. The van der Waals surface area contributed by atoms with Crippen LogP contribution in [0.3, 0.4) is 0 Å². The van der Waals surface area contributed by atoms with Gasteiger partial charge in [0.1, 0.15) is 5.54 Å². The van der Waals surface area contributed by atoms with Gasteiger partial charge in [0.15, 0.2) is 5.16 Å². The number of para-hydroxylation sites is 2. The molecule has 2 amide bonds. The first-order valence-corrected chi connectivity index (χ1v) is 11.6. The zero-order valence-corrected chi connectivity index (χ0v) is 19.6. The highest BCUT2D eigenvalue weighted by atomic mass is 32.2. The fourth-order valence-electron chi connectivity index (χ4n) is 4.16. The molecule has 0 unspecified atom stereocenters. The maximum absolute atomic E-state index is 13.6. The smallest absolute Gasteiger partial charge is 0.250 e. The molecule has 7 nitrogen and oxygen atoms in total. The fourth-order valence-corrected chi connectivity index (χ4v) is 5.21. The average molecular weight is 443 g/mol. The molecule has 0 spiro atoms. The molecule has 4 rings (SSSR count). The molecule has 1 fully saturated rings. The second-order valence-corrected chi connectivity index (χ2v) is 10.1. The molecule has 8 heteroatoms. The highest BCUT2D eigenvalue weighted by Gasteiger charge is 2.45. The fraction of sp³-hybridized carbons (Fsp3) is 0.522. The molecule has 1 aromatic heterocycles. The van der Waals surface area contributed by atoms with Gasteiger partial charge >= 0.3 is 0 Å². The molecule has 2 atom stereocenters. The third kappa shape index (κ3) is 3.99. The number of benzene rings is 1. The van der Waals surface area contributed by atoms with Gasteiger partial charge in [0.2, 0.25) is 11.8 Å². The molecule has 1 saturated heterocycles. The van der Waals surface area contributed by atoms with Crippen molar-refractivity contribution in [3.05, 3.63) is 35.7 Å². The summed E-state index contributed by atoms with van der Waals surface area (Å²) in [4.78, 5) is 32.7. The lowest BCUT2D eigenvalue weighted by Gasteiger charge is -2.43. The molecule has 166 valence electrons. The number of nitrogens with one attached hydrogen (secondary N) is 1. The lowest BCUT2D eigenvalue weighted by Crippen LogP contribution is -2.60. The summed E-state index contributed by atoms with van der Waals surface area (Å²) in [5.41, 5.74) is 2.45. The van der Waals surface area contributed by atoms with Crippen LogP contribution in [-0.4, -0.2) is 44.9 Å². The van der Waals surface area contributed by atoms with E-state index in [2.05, 4.69) is 16.8 Å². The van der Waals surface area contributed by atoms with Gasteiger partial charge < -0.3 is 14.6 Å². The number of imidazole rings is 1. The van der Waals surface area contributed by atoms with Gasteiger partial charge in [-0.3, -0.25) is 14.5 Å². The second kappa shape index (κ2) is 8.31. The Balaban J connectivity index is 1.61. The van der Waals surface area contributed by atoms with Gasteiger partial charge in [0.05, 0.1) is 35.0 Å². The van der Waals surface area contributed by atoms with Crippen LogP contribution >= 0.6 is 11.8 Å². The van der Waals surface area contributed by atoms with Crippen molar-refractivity contribution in [2.75, 3.05) is 16.8 Å². The van der Waals surface area contributed by atoms with Crippen LogP contribution in [0.5, 0.6) is 0 Å². The van der Waals surface area contributed by atoms with Gasteiger partial charge in [-0.15, -0.1) is 0 Å². The summed E-state index contributed by atoms with van der Waals surface area (Å²) < 4.78 is 7.99. The van der Waals surface area contributed by atoms with E-state index in [1.807, 2.05) is 38.1 Å². The third-order valence-electron chi connectivity index (χ3n) is 6.19. The van der Waals surface area contributed by atoms with E-state index in [-0.39, 0.29) is 17.9 Å². The van der Waals surface area contributed by atoms with Crippen LogP contribution in [-0.2, 0) is 20.9 Å². The van der Waals surface area contributed by atoms with E-state index in [0.29, 0.717) is 5.69 Å². The van der Waals surface area contributed by atoms with Gasteiger partial charge in [-0.2, -0.15) is 0 Å². The predicted octanol–water partition coefficient (Wildman–Crippen LogP) is 3.92. The van der Waals surface area contributed by atoms with Crippen LogP contribution in [0.4, 0.5) is 11.4 Å². The molecule has 31 heavy (non-hydrogen) atoms. The number of hydrogen-bond donors (Lipinski definition) is 1. The summed E-state index contributed by atoms with van der Waals surface area (Å²) in [6.45, 7) is 11.0. The maximum atomic E-state index is 13.6. The van der Waals surface area contributed by atoms with Crippen LogP contribution in [0.15, 0.2) is 29.4 Å². The summed E-state index contributed by atoms with van der Waals surface area (Å²) in [7, 11) is 0. The van der Waals surface area contributed by atoms with Crippen LogP contribution in [0.2, 0.25) is 0 Å². The SMILES string of the molecule is Cc1nc(S[C@@H](C)C(=O)N2c3ccccc3NC(=O)C2(C)C)n(C[C@H]2CCCO2)c1C. The Labute approximate surface area is 187 Å². The minimum Gasteiger partial charge on any atom is -0.376 e. The molecule has 3 heterocycles. The summed E-state index contributed by atoms with van der Waals surface area (Å²) >= 11 is 1.44. The predicted molar refractivity (Wildman–Crippen MR) is 123 cm³/mol. The summed E-state index contributed by atoms with van der Waals surface area (Å²) in [5.74, 6) is -0.303. The van der Waals surface area contributed by atoms with E-state index in [1.54, 1.807) is 18.7 Å². The van der Waals surface area contributed by atoms with Gasteiger partial charge in [0, 0.05) is 12.3 Å². The minimum absolute atomic E-state index is 0.112. The molecule has 2 aliphatic heterocycles. The van der Waals surface area contributed by atoms with Gasteiger partial charge in [-0.25, -0.2) is 4.98 Å². The number of hydrogen-bond acceptors (Lipinski definition) is 5. The largest absolute Gasteiger partial charge is 0.376 e. The average Bonchev–Trinajstić information content (AvgIpc) is 3.32. The van der Waals surface area contributed by atoms with Crippen molar-refractivity contribution >= 4 is 35.0 Å². The zero-order chi connectivity index (χ0) is 22.3. The number of rotatable bonds is 5. The van der Waals surface area contributed by atoms with Crippen molar-refractivity contribution in [1.82, 2.24) is 9.55 Å². The van der Waals surface area contributed by atoms with Crippen LogP contribution in [0.1, 0.15) is 45.0 Å². The van der Waals surface area contributed by atoms with Crippen LogP contribution < -0.4 is 10.2 Å². The number of carbonyl (C=O) groups is 2. The Bertz CT molecular complexity index is 1010. The quantitative estimate of drug-likeness (QED) is 0.710. The lowest BCUT2D eigenvalue weighted by molar-refractivity contribution is -0.126. The second-order valence-electron chi connectivity index (χ2n) is 8.77. The Hall–Kier alpha value is -2.32. The highest BCUT2D eigenvalue weighted by Crippen LogP contribution is 2.39. The number of amides is 2. The normalized spacial score (nSPS) is 21.0. The van der Waals surface area contributed by atoms with Crippen LogP contribution in [0.25, 0.3) is 0 Å². The number of fused-ring (bicyclic) bond motifs is 1. The molecule has 1 N–H and O–H groups in total. The lowest BCUT2D eigenvalue weighted by atomic mass is 9.96. The first-order chi connectivity index (χ1) is 14.7. The summed E-state index contributed by atoms with van der Waals surface area (Å²) in [5, 5.41) is 3.32. The number of anilines is 2. The van der Waals surface area contributed by atoms with Crippen molar-refractivity contribution in [3.63, 3.8) is 0 Å². The minimum atomic E-state index is -0.987. The van der Waals surface area contributed by atoms with Crippen molar-refractivity contribution in [1.29, 1.82) is 0 Å². The van der Waals surface area contributed by atoms with Crippen LogP contribution in [0, 0.1) is 13.8 Å². The van der Waals surface area contributed by atoms with Crippen molar-refractivity contribution in [2.45, 2.75) is 76.1 Å². The van der Waals surface area contributed by atoms with Gasteiger partial charge in [0.25, 0.3) is 0 Å². The van der Waals surface area contributed by atoms with Gasteiger partial charge in [-0.1, -0.05) is 23.9 Å². The first-order valence-electron chi connectivity index (χ1n) is 10.8. The third-order valence-corrected chi connectivity index (χ3v) is 7.27. The monoisotopic (exact) mass is 442 g/mol. The Morgan fingerprint density at radius 3 is 2.81 bits per heavy atom.